The Kier molecular flexibility index (Phi) is 8.81. The first-order chi connectivity index (χ1) is 14.4. The fraction of sp³-hybridized carbons (Fsp3) is 0.474. The predicted molar refractivity (Wildman–Crippen MR) is 114 cm³/mol. The van der Waals surface area contributed by atoms with Crippen molar-refractivity contribution in [3.05, 3.63) is 43.2 Å². The lowest BCUT2D eigenvalue weighted by Gasteiger charge is -2.24. The van der Waals surface area contributed by atoms with Crippen LogP contribution in [0.2, 0.25) is 0 Å². The van der Waals surface area contributed by atoms with Crippen LogP contribution in [0, 0.1) is 0 Å². The Labute approximate surface area is 177 Å². The van der Waals surface area contributed by atoms with Crippen LogP contribution >= 0.6 is 11.3 Å². The number of anilines is 2. The number of hydrogen-bond acceptors (Lipinski definition) is 8. The maximum atomic E-state index is 12.8. The molecule has 0 aliphatic rings. The van der Waals surface area contributed by atoms with Crippen molar-refractivity contribution < 1.29 is 19.1 Å². The van der Waals surface area contributed by atoms with Gasteiger partial charge < -0.3 is 15.2 Å². The first kappa shape index (κ1) is 23.4. The molecule has 0 aliphatic heterocycles. The maximum absolute atomic E-state index is 12.8. The largest absolute Gasteiger partial charge is 0.455 e. The van der Waals surface area contributed by atoms with Crippen LogP contribution in [0.15, 0.2) is 27.1 Å². The average Bonchev–Trinajstić information content (AvgIpc) is 3.21. The third-order valence-electron chi connectivity index (χ3n) is 4.29. The SMILES string of the molecule is CCCCn1c(N)c(N(CCOC)C(=O)COC(=O)Cc2cccs2)c(=O)[nH]c1=O. The normalized spacial score (nSPS) is 10.7. The van der Waals surface area contributed by atoms with Crippen LogP contribution in [0.1, 0.15) is 24.6 Å². The van der Waals surface area contributed by atoms with Crippen LogP contribution in [0.3, 0.4) is 0 Å². The van der Waals surface area contributed by atoms with Gasteiger partial charge in [-0.3, -0.25) is 28.8 Å². The highest BCUT2D eigenvalue weighted by Crippen LogP contribution is 2.17. The van der Waals surface area contributed by atoms with Crippen molar-refractivity contribution in [2.45, 2.75) is 32.7 Å². The molecule has 2 aromatic rings. The summed E-state index contributed by atoms with van der Waals surface area (Å²) >= 11 is 1.41. The van der Waals surface area contributed by atoms with Gasteiger partial charge in [0.15, 0.2) is 12.3 Å². The van der Waals surface area contributed by atoms with Crippen molar-refractivity contribution in [2.24, 2.45) is 0 Å². The summed E-state index contributed by atoms with van der Waals surface area (Å²) in [6, 6.07) is 3.60. The number of aromatic nitrogens is 2. The summed E-state index contributed by atoms with van der Waals surface area (Å²) in [5, 5.41) is 1.84. The molecule has 0 saturated heterocycles. The molecule has 11 heteroatoms. The third kappa shape index (κ3) is 6.04. The molecule has 10 nitrogen and oxygen atoms in total. The molecule has 2 aromatic heterocycles. The van der Waals surface area contributed by atoms with Gasteiger partial charge in [0.2, 0.25) is 0 Å². The monoisotopic (exact) mass is 438 g/mol. The van der Waals surface area contributed by atoms with Crippen LogP contribution < -0.4 is 21.9 Å². The lowest BCUT2D eigenvalue weighted by molar-refractivity contribution is -0.147. The van der Waals surface area contributed by atoms with E-state index in [-0.39, 0.29) is 31.1 Å². The molecule has 2 heterocycles. The third-order valence-corrected chi connectivity index (χ3v) is 5.17. The highest BCUT2D eigenvalue weighted by molar-refractivity contribution is 7.10. The number of ether oxygens (including phenoxy) is 2. The van der Waals surface area contributed by atoms with Gasteiger partial charge in [0.1, 0.15) is 5.82 Å². The predicted octanol–water partition coefficient (Wildman–Crippen LogP) is 0.746. The minimum absolute atomic E-state index is 0.00291. The molecule has 0 aliphatic carbocycles. The van der Waals surface area contributed by atoms with E-state index in [4.69, 9.17) is 15.2 Å². The van der Waals surface area contributed by atoms with E-state index in [2.05, 4.69) is 4.98 Å². The Hall–Kier alpha value is -2.92. The zero-order valence-electron chi connectivity index (χ0n) is 17.0. The Bertz CT molecular complexity index is 966. The number of methoxy groups -OCH3 is 1. The van der Waals surface area contributed by atoms with E-state index >= 15 is 0 Å². The number of unbranched alkanes of at least 4 members (excludes halogenated alkanes) is 1. The van der Waals surface area contributed by atoms with E-state index in [9.17, 15) is 19.2 Å². The van der Waals surface area contributed by atoms with Gasteiger partial charge in [-0.15, -0.1) is 11.3 Å². The molecule has 0 unspecified atom stereocenters. The zero-order chi connectivity index (χ0) is 22.1. The van der Waals surface area contributed by atoms with E-state index in [0.717, 1.165) is 16.2 Å². The summed E-state index contributed by atoms with van der Waals surface area (Å²) in [6.45, 7) is 1.79. The van der Waals surface area contributed by atoms with Gasteiger partial charge in [-0.2, -0.15) is 0 Å². The maximum Gasteiger partial charge on any atom is 0.330 e. The Balaban J connectivity index is 2.23. The lowest BCUT2D eigenvalue weighted by Crippen LogP contribution is -2.44. The second-order valence-corrected chi connectivity index (χ2v) is 7.49. The number of carbonyl (C=O) groups excluding carboxylic acids is 2. The number of hydrogen-bond donors (Lipinski definition) is 2. The number of aromatic amines is 1. The summed E-state index contributed by atoms with van der Waals surface area (Å²) in [5.74, 6) is -1.33. The van der Waals surface area contributed by atoms with Crippen molar-refractivity contribution in [2.75, 3.05) is 37.5 Å². The molecule has 0 radical (unpaired) electrons. The molecule has 0 fully saturated rings. The Morgan fingerprint density at radius 1 is 1.33 bits per heavy atom. The minimum Gasteiger partial charge on any atom is -0.455 e. The van der Waals surface area contributed by atoms with Gasteiger partial charge in [-0.25, -0.2) is 4.79 Å². The molecule has 164 valence electrons. The summed E-state index contributed by atoms with van der Waals surface area (Å²) in [7, 11) is 1.44. The van der Waals surface area contributed by atoms with Gasteiger partial charge in [0, 0.05) is 25.1 Å². The summed E-state index contributed by atoms with van der Waals surface area (Å²) in [5.41, 5.74) is 4.49. The highest BCUT2D eigenvalue weighted by atomic mass is 32.1. The molecule has 0 saturated carbocycles. The highest BCUT2D eigenvalue weighted by Gasteiger charge is 2.25. The molecule has 0 aromatic carbocycles. The number of carbonyl (C=O) groups is 2. The van der Waals surface area contributed by atoms with Crippen LogP contribution in [0.25, 0.3) is 0 Å². The van der Waals surface area contributed by atoms with Crippen LogP contribution in [-0.4, -0.2) is 48.3 Å². The molecule has 2 rings (SSSR count). The van der Waals surface area contributed by atoms with Gasteiger partial charge in [-0.05, 0) is 17.9 Å². The van der Waals surface area contributed by atoms with Gasteiger partial charge in [-0.1, -0.05) is 19.4 Å². The van der Waals surface area contributed by atoms with E-state index in [1.165, 1.54) is 23.0 Å². The number of nitrogens with one attached hydrogen (secondary N) is 1. The van der Waals surface area contributed by atoms with Gasteiger partial charge in [0.25, 0.3) is 11.5 Å². The van der Waals surface area contributed by atoms with Gasteiger partial charge in [0.05, 0.1) is 13.0 Å². The Morgan fingerprint density at radius 2 is 2.10 bits per heavy atom. The molecule has 0 atom stereocenters. The van der Waals surface area contributed by atoms with Crippen molar-refractivity contribution in [3.8, 4) is 0 Å². The minimum atomic E-state index is -0.792. The fourth-order valence-corrected chi connectivity index (χ4v) is 3.44. The quantitative estimate of drug-likeness (QED) is 0.494. The first-order valence-corrected chi connectivity index (χ1v) is 10.4. The van der Waals surface area contributed by atoms with E-state index in [1.54, 1.807) is 6.07 Å². The molecular formula is C19H26N4O6S. The van der Waals surface area contributed by atoms with Crippen molar-refractivity contribution in [1.82, 2.24) is 9.55 Å². The van der Waals surface area contributed by atoms with E-state index in [0.29, 0.717) is 13.0 Å². The standard InChI is InChI=1S/C19H26N4O6S/c1-3-4-7-23-17(20)16(18(26)21-19(23)27)22(8-9-28-2)14(24)12-29-15(25)11-13-6-5-10-30-13/h5-6,10H,3-4,7-9,11-12,20H2,1-2H3,(H,21,26,27). The van der Waals surface area contributed by atoms with Crippen molar-refractivity contribution in [1.29, 1.82) is 0 Å². The number of nitrogens with zero attached hydrogens (tertiary/aromatic N) is 2. The van der Waals surface area contributed by atoms with Crippen LogP contribution in [0.4, 0.5) is 11.5 Å². The molecule has 1 amide bonds. The molecular weight excluding hydrogens is 412 g/mol. The second kappa shape index (κ2) is 11.3. The molecule has 30 heavy (non-hydrogen) atoms. The number of thiophene rings is 1. The van der Waals surface area contributed by atoms with Gasteiger partial charge >= 0.3 is 11.7 Å². The number of rotatable bonds is 11. The molecule has 3 N–H and O–H groups in total. The smallest absolute Gasteiger partial charge is 0.330 e. The number of nitrogens with two attached hydrogens (primary N) is 1. The summed E-state index contributed by atoms with van der Waals surface area (Å²) in [4.78, 5) is 53.4. The first-order valence-electron chi connectivity index (χ1n) is 9.48. The number of amides is 1. The summed E-state index contributed by atoms with van der Waals surface area (Å²) < 4.78 is 11.3. The topological polar surface area (TPSA) is 137 Å². The lowest BCUT2D eigenvalue weighted by atomic mass is 10.3. The van der Waals surface area contributed by atoms with Crippen LogP contribution in [-0.2, 0) is 32.0 Å². The number of H-pyrrole nitrogens is 1. The fourth-order valence-electron chi connectivity index (χ4n) is 2.75. The molecule has 0 bridgehead atoms. The average molecular weight is 439 g/mol. The van der Waals surface area contributed by atoms with Crippen LogP contribution in [0.5, 0.6) is 0 Å². The number of nitrogen functional groups attached to an aromatic ring is 1. The Morgan fingerprint density at radius 3 is 2.73 bits per heavy atom. The zero-order valence-corrected chi connectivity index (χ0v) is 17.8. The number of esters is 1. The van der Waals surface area contributed by atoms with Crippen molar-refractivity contribution in [3.63, 3.8) is 0 Å². The van der Waals surface area contributed by atoms with E-state index in [1.807, 2.05) is 18.4 Å². The van der Waals surface area contributed by atoms with E-state index < -0.39 is 29.7 Å². The second-order valence-electron chi connectivity index (χ2n) is 6.45. The molecule has 0 spiro atoms. The van der Waals surface area contributed by atoms with Crippen molar-refractivity contribution >= 4 is 34.7 Å². The summed E-state index contributed by atoms with van der Waals surface area (Å²) in [6.07, 6.45) is 1.53.